The number of aromatic carboxylic acids is 1. The van der Waals surface area contributed by atoms with Gasteiger partial charge in [0.15, 0.2) is 0 Å². The van der Waals surface area contributed by atoms with E-state index in [1.54, 1.807) is 12.1 Å². The Bertz CT molecular complexity index is 616. The summed E-state index contributed by atoms with van der Waals surface area (Å²) in [5.41, 5.74) is 1.50. The Morgan fingerprint density at radius 2 is 2.00 bits per heavy atom. The van der Waals surface area contributed by atoms with Crippen molar-refractivity contribution in [3.05, 3.63) is 35.4 Å². The van der Waals surface area contributed by atoms with E-state index in [4.69, 9.17) is 5.11 Å². The average Bonchev–Trinajstić information content (AvgIpc) is 2.74. The predicted octanol–water partition coefficient (Wildman–Crippen LogP) is 1.17. The summed E-state index contributed by atoms with van der Waals surface area (Å²) in [6.07, 6.45) is 2.46. The Morgan fingerprint density at radius 3 is 2.71 bits per heavy atom. The second-order valence-corrected chi connectivity index (χ2v) is 6.96. The third-order valence-electron chi connectivity index (χ3n) is 5.42. The van der Waals surface area contributed by atoms with Crippen molar-refractivity contribution in [2.45, 2.75) is 31.3 Å². The molecule has 1 unspecified atom stereocenters. The molecule has 2 saturated heterocycles. The zero-order chi connectivity index (χ0) is 17.2. The van der Waals surface area contributed by atoms with E-state index in [0.29, 0.717) is 12.0 Å². The minimum absolute atomic E-state index is 0.0540. The standard InChI is InChI=1S/C18H25N3O3/c1-20-10-11-21(12-14-2-4-15(5-3-14)17(23)24)13-18(20)7-6-16(22)19-9-8-18/h2-5H,6-13H2,1H3,(H,19,22)(H,23,24). The van der Waals surface area contributed by atoms with Gasteiger partial charge in [0.05, 0.1) is 5.56 Å². The zero-order valence-electron chi connectivity index (χ0n) is 14.1. The molecule has 1 aromatic rings. The van der Waals surface area contributed by atoms with E-state index in [1.807, 2.05) is 12.1 Å². The number of nitrogens with one attached hydrogen (secondary N) is 1. The molecule has 6 nitrogen and oxygen atoms in total. The minimum Gasteiger partial charge on any atom is -0.478 e. The number of hydrogen-bond donors (Lipinski definition) is 2. The number of likely N-dealkylation sites (N-methyl/N-ethyl adjacent to an activating group) is 1. The van der Waals surface area contributed by atoms with Crippen LogP contribution in [0.2, 0.25) is 0 Å². The molecular weight excluding hydrogens is 306 g/mol. The van der Waals surface area contributed by atoms with Crippen molar-refractivity contribution in [2.75, 3.05) is 33.2 Å². The number of carbonyl (C=O) groups excluding carboxylic acids is 1. The van der Waals surface area contributed by atoms with Gasteiger partial charge < -0.3 is 10.4 Å². The Balaban J connectivity index is 1.68. The van der Waals surface area contributed by atoms with E-state index in [1.165, 1.54) is 0 Å². The molecule has 2 heterocycles. The molecule has 2 N–H and O–H groups in total. The predicted molar refractivity (Wildman–Crippen MR) is 90.9 cm³/mol. The zero-order valence-corrected chi connectivity index (χ0v) is 14.1. The van der Waals surface area contributed by atoms with Gasteiger partial charge in [0.1, 0.15) is 0 Å². The summed E-state index contributed by atoms with van der Waals surface area (Å²) in [5, 5.41) is 12.0. The third kappa shape index (κ3) is 3.60. The van der Waals surface area contributed by atoms with Crippen molar-refractivity contribution in [3.63, 3.8) is 0 Å². The Labute approximate surface area is 142 Å². The summed E-state index contributed by atoms with van der Waals surface area (Å²) in [7, 11) is 2.16. The molecule has 3 rings (SSSR count). The second kappa shape index (κ2) is 6.91. The number of carboxylic acids is 1. The molecule has 1 amide bonds. The van der Waals surface area contributed by atoms with Gasteiger partial charge in [-0.3, -0.25) is 14.6 Å². The van der Waals surface area contributed by atoms with E-state index in [0.717, 1.165) is 51.1 Å². The first-order valence-corrected chi connectivity index (χ1v) is 8.51. The molecule has 6 heteroatoms. The average molecular weight is 331 g/mol. The van der Waals surface area contributed by atoms with Crippen molar-refractivity contribution in [1.82, 2.24) is 15.1 Å². The van der Waals surface area contributed by atoms with Gasteiger partial charge in [0.25, 0.3) is 0 Å². The molecule has 2 fully saturated rings. The molecule has 1 atom stereocenters. The van der Waals surface area contributed by atoms with E-state index < -0.39 is 5.97 Å². The van der Waals surface area contributed by atoms with Gasteiger partial charge in [-0.1, -0.05) is 12.1 Å². The number of carboxylic acid groups (broad SMARTS) is 1. The quantitative estimate of drug-likeness (QED) is 0.870. The number of benzene rings is 1. The van der Waals surface area contributed by atoms with Gasteiger partial charge in [0.2, 0.25) is 5.91 Å². The normalized spacial score (nSPS) is 26.1. The highest BCUT2D eigenvalue weighted by Gasteiger charge is 2.40. The maximum atomic E-state index is 11.7. The van der Waals surface area contributed by atoms with Crippen LogP contribution in [0, 0.1) is 0 Å². The van der Waals surface area contributed by atoms with Gasteiger partial charge in [-0.15, -0.1) is 0 Å². The molecule has 1 spiro atoms. The molecule has 1 aromatic carbocycles. The number of rotatable bonds is 3. The Kier molecular flexibility index (Phi) is 4.87. The van der Waals surface area contributed by atoms with E-state index in [-0.39, 0.29) is 11.4 Å². The number of carbonyl (C=O) groups is 2. The number of nitrogens with zero attached hydrogens (tertiary/aromatic N) is 2. The first-order valence-electron chi connectivity index (χ1n) is 8.51. The number of amides is 1. The fourth-order valence-corrected chi connectivity index (χ4v) is 3.82. The molecule has 0 radical (unpaired) electrons. The van der Waals surface area contributed by atoms with E-state index >= 15 is 0 Å². The summed E-state index contributed by atoms with van der Waals surface area (Å²) in [4.78, 5) is 27.5. The van der Waals surface area contributed by atoms with Gasteiger partial charge in [-0.25, -0.2) is 4.79 Å². The van der Waals surface area contributed by atoms with Gasteiger partial charge >= 0.3 is 5.97 Å². The highest BCUT2D eigenvalue weighted by Crippen LogP contribution is 2.31. The maximum absolute atomic E-state index is 11.7. The minimum atomic E-state index is -0.893. The lowest BCUT2D eigenvalue weighted by molar-refractivity contribution is -0.121. The molecule has 0 aliphatic carbocycles. The highest BCUT2D eigenvalue weighted by molar-refractivity contribution is 5.87. The van der Waals surface area contributed by atoms with Crippen LogP contribution in [-0.4, -0.2) is 65.5 Å². The van der Waals surface area contributed by atoms with E-state index in [9.17, 15) is 9.59 Å². The van der Waals surface area contributed by atoms with Crippen molar-refractivity contribution in [1.29, 1.82) is 0 Å². The molecule has 2 aliphatic rings. The second-order valence-electron chi connectivity index (χ2n) is 6.96. The SMILES string of the molecule is CN1CCN(Cc2ccc(C(=O)O)cc2)CC12CCNC(=O)CC2. The largest absolute Gasteiger partial charge is 0.478 e. The summed E-state index contributed by atoms with van der Waals surface area (Å²) < 4.78 is 0. The van der Waals surface area contributed by atoms with Crippen LogP contribution in [0.5, 0.6) is 0 Å². The molecule has 0 aromatic heterocycles. The molecule has 2 aliphatic heterocycles. The van der Waals surface area contributed by atoms with Gasteiger partial charge in [-0.2, -0.15) is 0 Å². The summed E-state index contributed by atoms with van der Waals surface area (Å²) in [6.45, 7) is 4.47. The summed E-state index contributed by atoms with van der Waals surface area (Å²) >= 11 is 0. The van der Waals surface area contributed by atoms with Crippen molar-refractivity contribution in [2.24, 2.45) is 0 Å². The Hall–Kier alpha value is -1.92. The summed E-state index contributed by atoms with van der Waals surface area (Å²) in [6, 6.07) is 7.12. The van der Waals surface area contributed by atoms with Crippen LogP contribution in [-0.2, 0) is 11.3 Å². The molecule has 24 heavy (non-hydrogen) atoms. The lowest BCUT2D eigenvalue weighted by atomic mass is 9.86. The van der Waals surface area contributed by atoms with Gasteiger partial charge in [0, 0.05) is 44.7 Å². The third-order valence-corrected chi connectivity index (χ3v) is 5.42. The van der Waals surface area contributed by atoms with Crippen LogP contribution in [0.15, 0.2) is 24.3 Å². The number of piperazine rings is 1. The fraction of sp³-hybridized carbons (Fsp3) is 0.556. The van der Waals surface area contributed by atoms with Gasteiger partial charge in [-0.05, 0) is 37.6 Å². The first-order chi connectivity index (χ1) is 11.5. The summed E-state index contributed by atoms with van der Waals surface area (Å²) in [5.74, 6) is -0.739. The van der Waals surface area contributed by atoms with E-state index in [2.05, 4.69) is 22.2 Å². The monoisotopic (exact) mass is 331 g/mol. The smallest absolute Gasteiger partial charge is 0.335 e. The maximum Gasteiger partial charge on any atom is 0.335 e. The highest BCUT2D eigenvalue weighted by atomic mass is 16.4. The molecule has 0 saturated carbocycles. The van der Waals surface area contributed by atoms with Crippen LogP contribution in [0.4, 0.5) is 0 Å². The van der Waals surface area contributed by atoms with Crippen LogP contribution >= 0.6 is 0 Å². The van der Waals surface area contributed by atoms with Crippen molar-refractivity contribution in [3.8, 4) is 0 Å². The van der Waals surface area contributed by atoms with Crippen molar-refractivity contribution < 1.29 is 14.7 Å². The Morgan fingerprint density at radius 1 is 1.25 bits per heavy atom. The van der Waals surface area contributed by atoms with Crippen LogP contribution in [0.3, 0.4) is 0 Å². The topological polar surface area (TPSA) is 72.9 Å². The van der Waals surface area contributed by atoms with Crippen LogP contribution in [0.1, 0.15) is 35.2 Å². The van der Waals surface area contributed by atoms with Crippen molar-refractivity contribution >= 4 is 11.9 Å². The molecule has 0 bridgehead atoms. The lowest BCUT2D eigenvalue weighted by Crippen LogP contribution is -2.60. The molecule has 130 valence electrons. The fourth-order valence-electron chi connectivity index (χ4n) is 3.82. The molecular formula is C18H25N3O3. The van der Waals surface area contributed by atoms with Crippen LogP contribution in [0.25, 0.3) is 0 Å². The number of hydrogen-bond acceptors (Lipinski definition) is 4. The lowest BCUT2D eigenvalue weighted by Gasteiger charge is -2.49. The van der Waals surface area contributed by atoms with Crippen LogP contribution < -0.4 is 5.32 Å². The first kappa shape index (κ1) is 16.9.